The maximum atomic E-state index is 2.41. The Kier molecular flexibility index (Phi) is 6.97. The third-order valence-electron chi connectivity index (χ3n) is 4.24. The summed E-state index contributed by atoms with van der Waals surface area (Å²) >= 11 is 0. The van der Waals surface area contributed by atoms with Gasteiger partial charge in [-0.3, -0.25) is 4.48 Å². The zero-order chi connectivity index (χ0) is 14.4. The number of benzene rings is 2. The Hall–Kier alpha value is -1.28. The van der Waals surface area contributed by atoms with Crippen molar-refractivity contribution in [3.63, 3.8) is 0 Å². The molecule has 0 aliphatic rings. The Morgan fingerprint density at radius 1 is 0.714 bits per heavy atom. The fourth-order valence-corrected chi connectivity index (χ4v) is 3.48. The SMILES string of the molecule is CCC[N+](CCC)(CCC)c1ccc2ccccc2c1.[B-]. The van der Waals surface area contributed by atoms with E-state index in [1.807, 2.05) is 0 Å². The van der Waals surface area contributed by atoms with Crippen LogP contribution in [0.15, 0.2) is 42.5 Å². The average Bonchev–Trinajstić information content (AvgIpc) is 2.47. The van der Waals surface area contributed by atoms with Gasteiger partial charge in [-0.05, 0) is 42.2 Å². The molecular weight excluding hydrogens is 253 g/mol. The molecule has 0 saturated heterocycles. The van der Waals surface area contributed by atoms with Gasteiger partial charge in [0.25, 0.3) is 0 Å². The van der Waals surface area contributed by atoms with Gasteiger partial charge in [-0.15, -0.1) is 0 Å². The van der Waals surface area contributed by atoms with Gasteiger partial charge < -0.3 is 8.41 Å². The van der Waals surface area contributed by atoms with Crippen LogP contribution >= 0.6 is 0 Å². The highest BCUT2D eigenvalue weighted by Gasteiger charge is 2.27. The molecule has 0 aromatic heterocycles. The van der Waals surface area contributed by atoms with Crippen LogP contribution in [0.5, 0.6) is 0 Å². The Bertz CT molecular complexity index is 533. The van der Waals surface area contributed by atoms with Gasteiger partial charge in [0.1, 0.15) is 5.69 Å². The van der Waals surface area contributed by atoms with Crippen molar-refractivity contribution < 1.29 is 0 Å². The fourth-order valence-electron chi connectivity index (χ4n) is 3.48. The van der Waals surface area contributed by atoms with Gasteiger partial charge in [-0.2, -0.15) is 0 Å². The van der Waals surface area contributed by atoms with Crippen LogP contribution in [0.4, 0.5) is 5.69 Å². The minimum atomic E-state index is 0. The highest BCUT2D eigenvalue weighted by atomic mass is 15.4. The Labute approximate surface area is 132 Å². The maximum absolute atomic E-state index is 2.41. The maximum Gasteiger partial charge on any atom is 0.133 e. The van der Waals surface area contributed by atoms with Crippen LogP contribution in [0.3, 0.4) is 0 Å². The fraction of sp³-hybridized carbons (Fsp3) is 0.474. The van der Waals surface area contributed by atoms with Crippen molar-refractivity contribution in [1.82, 2.24) is 4.48 Å². The largest absolute Gasteiger partial charge is 1.00 e. The molecule has 21 heavy (non-hydrogen) atoms. The number of hydrogen-bond acceptors (Lipinski definition) is 0. The first-order valence-electron chi connectivity index (χ1n) is 8.11. The van der Waals surface area contributed by atoms with Crippen molar-refractivity contribution in [3.05, 3.63) is 42.5 Å². The third-order valence-corrected chi connectivity index (χ3v) is 4.24. The molecule has 0 atom stereocenters. The van der Waals surface area contributed by atoms with Crippen molar-refractivity contribution in [1.29, 1.82) is 0 Å². The zero-order valence-corrected chi connectivity index (χ0v) is 13.8. The molecule has 0 saturated carbocycles. The lowest BCUT2D eigenvalue weighted by Crippen LogP contribution is -2.51. The molecule has 0 fully saturated rings. The second-order valence-electron chi connectivity index (χ2n) is 5.85. The lowest BCUT2D eigenvalue weighted by atomic mass is 10.1. The molecular formula is C19H28BN. The molecule has 0 aliphatic carbocycles. The first-order chi connectivity index (χ1) is 9.75. The Morgan fingerprint density at radius 3 is 1.76 bits per heavy atom. The van der Waals surface area contributed by atoms with Crippen molar-refractivity contribution >= 4 is 24.9 Å². The van der Waals surface area contributed by atoms with Gasteiger partial charge in [-0.1, -0.05) is 45.0 Å². The van der Waals surface area contributed by atoms with Crippen LogP contribution in [-0.4, -0.2) is 28.0 Å². The lowest BCUT2D eigenvalue weighted by molar-refractivity contribution is 0.273. The molecule has 2 rings (SSSR count). The summed E-state index contributed by atoms with van der Waals surface area (Å²) in [4.78, 5) is 0. The van der Waals surface area contributed by atoms with E-state index in [2.05, 4.69) is 63.2 Å². The highest BCUT2D eigenvalue weighted by molar-refractivity contribution is 5.85. The van der Waals surface area contributed by atoms with Crippen molar-refractivity contribution in [2.45, 2.75) is 40.0 Å². The minimum Gasteiger partial charge on any atom is -1.00 e. The van der Waals surface area contributed by atoms with E-state index in [0.29, 0.717) is 0 Å². The third kappa shape index (κ3) is 3.88. The number of rotatable bonds is 7. The van der Waals surface area contributed by atoms with Gasteiger partial charge in [-0.25, -0.2) is 0 Å². The van der Waals surface area contributed by atoms with E-state index in [9.17, 15) is 0 Å². The summed E-state index contributed by atoms with van der Waals surface area (Å²) < 4.78 is 1.15. The zero-order valence-electron chi connectivity index (χ0n) is 13.8. The monoisotopic (exact) mass is 281 g/mol. The molecule has 1 nitrogen and oxygen atoms in total. The summed E-state index contributed by atoms with van der Waals surface area (Å²) in [6, 6.07) is 15.7. The first-order valence-corrected chi connectivity index (χ1v) is 8.11. The molecule has 2 aromatic rings. The quantitative estimate of drug-likeness (QED) is 0.495. The van der Waals surface area contributed by atoms with Gasteiger partial charge in [0.05, 0.1) is 19.6 Å². The summed E-state index contributed by atoms with van der Waals surface area (Å²) in [5.41, 5.74) is 1.49. The number of quaternary nitrogens is 1. The number of nitrogens with zero attached hydrogens (tertiary/aromatic N) is 1. The van der Waals surface area contributed by atoms with E-state index in [4.69, 9.17) is 0 Å². The predicted molar refractivity (Wildman–Crippen MR) is 97.0 cm³/mol. The lowest BCUT2D eigenvalue weighted by Gasteiger charge is -2.38. The molecule has 0 spiro atoms. The molecule has 0 aliphatic heterocycles. The number of fused-ring (bicyclic) bond motifs is 1. The summed E-state index contributed by atoms with van der Waals surface area (Å²) in [6.07, 6.45) is 3.73. The molecule has 2 heteroatoms. The van der Waals surface area contributed by atoms with Crippen molar-refractivity contribution in [3.8, 4) is 0 Å². The Morgan fingerprint density at radius 2 is 1.24 bits per heavy atom. The van der Waals surface area contributed by atoms with Gasteiger partial charge in [0, 0.05) is 6.07 Å². The standard InChI is InChI=1S/C19H28N.B/c1-4-13-20(14-5-2,15-6-3)19-12-11-17-9-7-8-10-18(17)16-19;/h7-12,16H,4-6,13-15H2,1-3H3;/q+1;-1. The van der Waals surface area contributed by atoms with Crippen LogP contribution in [-0.2, 0) is 0 Å². The average molecular weight is 281 g/mol. The van der Waals surface area contributed by atoms with E-state index >= 15 is 0 Å². The molecule has 4 radical (unpaired) electrons. The highest BCUT2D eigenvalue weighted by Crippen LogP contribution is 2.29. The van der Waals surface area contributed by atoms with E-state index in [0.717, 1.165) is 4.48 Å². The molecule has 2 aromatic carbocycles. The second-order valence-corrected chi connectivity index (χ2v) is 5.85. The first kappa shape index (κ1) is 17.8. The molecule has 0 unspecified atom stereocenters. The summed E-state index contributed by atoms with van der Waals surface area (Å²) in [6.45, 7) is 10.7. The van der Waals surface area contributed by atoms with Gasteiger partial charge in [0.15, 0.2) is 0 Å². The van der Waals surface area contributed by atoms with E-state index in [1.165, 1.54) is 55.4 Å². The summed E-state index contributed by atoms with van der Waals surface area (Å²) in [5.74, 6) is 0. The molecule has 0 N–H and O–H groups in total. The molecule has 112 valence electrons. The van der Waals surface area contributed by atoms with E-state index < -0.39 is 0 Å². The van der Waals surface area contributed by atoms with Gasteiger partial charge in [0.2, 0.25) is 0 Å². The van der Waals surface area contributed by atoms with Crippen LogP contribution in [0.1, 0.15) is 40.0 Å². The Balaban J connectivity index is 0.00000220. The van der Waals surface area contributed by atoms with Crippen LogP contribution in [0, 0.1) is 0 Å². The van der Waals surface area contributed by atoms with E-state index in [1.54, 1.807) is 0 Å². The van der Waals surface area contributed by atoms with E-state index in [-0.39, 0.29) is 8.41 Å². The molecule has 0 amide bonds. The minimum absolute atomic E-state index is 0. The van der Waals surface area contributed by atoms with Crippen molar-refractivity contribution in [2.24, 2.45) is 0 Å². The van der Waals surface area contributed by atoms with Crippen LogP contribution in [0.2, 0.25) is 0 Å². The van der Waals surface area contributed by atoms with Crippen LogP contribution < -0.4 is 4.48 Å². The smallest absolute Gasteiger partial charge is 0.133 e. The molecule has 0 bridgehead atoms. The molecule has 0 heterocycles. The summed E-state index contributed by atoms with van der Waals surface area (Å²) in [7, 11) is 0. The summed E-state index contributed by atoms with van der Waals surface area (Å²) in [5, 5.41) is 2.72. The normalized spacial score (nSPS) is 11.4. The second kappa shape index (κ2) is 8.24. The topological polar surface area (TPSA) is 0 Å². The predicted octanol–water partition coefficient (Wildman–Crippen LogP) is 5.00. The van der Waals surface area contributed by atoms with Gasteiger partial charge >= 0.3 is 0 Å². The van der Waals surface area contributed by atoms with Crippen LogP contribution in [0.25, 0.3) is 10.8 Å². The van der Waals surface area contributed by atoms with Crippen molar-refractivity contribution in [2.75, 3.05) is 19.6 Å². The number of hydrogen-bond donors (Lipinski definition) is 0.